The maximum atomic E-state index is 12.8. The lowest BCUT2D eigenvalue weighted by atomic mass is 9.91. The highest BCUT2D eigenvalue weighted by atomic mass is 19.1. The predicted octanol–water partition coefficient (Wildman–Crippen LogP) is 1.52. The Morgan fingerprint density at radius 1 is 1.46 bits per heavy atom. The minimum atomic E-state index is -1.62. The van der Waals surface area contributed by atoms with E-state index in [1.165, 1.54) is 5.56 Å². The summed E-state index contributed by atoms with van der Waals surface area (Å²) in [5, 5.41) is 25.1. The number of carbonyl (C=O) groups excluding carboxylic acids is 1. The summed E-state index contributed by atoms with van der Waals surface area (Å²) in [5.74, 6) is -1.34. The first-order chi connectivity index (χ1) is 13.4. The Kier molecular flexibility index (Phi) is 5.93. The average Bonchev–Trinajstić information content (AvgIpc) is 3.45. The summed E-state index contributed by atoms with van der Waals surface area (Å²) < 4.78 is 12.8. The number of aliphatic carboxylic acids is 1. The van der Waals surface area contributed by atoms with Gasteiger partial charge in [-0.2, -0.15) is 0 Å². The number of amides is 1. The van der Waals surface area contributed by atoms with Gasteiger partial charge >= 0.3 is 5.97 Å². The molecule has 0 saturated heterocycles. The zero-order valence-electron chi connectivity index (χ0n) is 15.6. The maximum absolute atomic E-state index is 12.8. The van der Waals surface area contributed by atoms with Crippen LogP contribution in [0.4, 0.5) is 4.39 Å². The predicted molar refractivity (Wildman–Crippen MR) is 97.6 cm³/mol. The van der Waals surface area contributed by atoms with Gasteiger partial charge in [0.15, 0.2) is 0 Å². The number of aliphatic hydroxyl groups excluding tert-OH is 1. The molecule has 1 aromatic heterocycles. The van der Waals surface area contributed by atoms with Crippen LogP contribution in [0.2, 0.25) is 0 Å². The summed E-state index contributed by atoms with van der Waals surface area (Å²) in [6, 6.07) is 2.65. The van der Waals surface area contributed by atoms with Gasteiger partial charge in [-0.15, -0.1) is 0 Å². The number of pyridine rings is 1. The second kappa shape index (κ2) is 8.22. The first-order valence-corrected chi connectivity index (χ1v) is 9.36. The van der Waals surface area contributed by atoms with Crippen molar-refractivity contribution < 1.29 is 29.0 Å². The van der Waals surface area contributed by atoms with E-state index in [0.717, 1.165) is 12.8 Å². The topological polar surface area (TPSA) is 121 Å². The van der Waals surface area contributed by atoms with Crippen molar-refractivity contribution in [2.24, 2.45) is 5.16 Å². The van der Waals surface area contributed by atoms with Crippen LogP contribution < -0.4 is 5.32 Å². The molecule has 0 aromatic carbocycles. The van der Waals surface area contributed by atoms with Gasteiger partial charge in [-0.25, -0.2) is 4.39 Å². The number of alkyl halides is 1. The van der Waals surface area contributed by atoms with Crippen LogP contribution in [-0.2, 0) is 14.4 Å². The van der Waals surface area contributed by atoms with Crippen LogP contribution in [-0.4, -0.2) is 57.2 Å². The van der Waals surface area contributed by atoms with Crippen molar-refractivity contribution in [2.75, 3.05) is 6.67 Å². The normalized spacial score (nSPS) is 23.5. The Bertz CT molecular complexity index is 783. The van der Waals surface area contributed by atoms with Gasteiger partial charge in [0.25, 0.3) is 5.91 Å². The van der Waals surface area contributed by atoms with Crippen molar-refractivity contribution in [1.82, 2.24) is 10.3 Å². The SMILES string of the molecule is CCC1(C(=O)NC(CC(=O)O)C(O)CF)CC(c2cc(C3CC3)ccn2)=NO1. The number of nitrogens with one attached hydrogen (secondary N) is 1. The van der Waals surface area contributed by atoms with E-state index in [4.69, 9.17) is 9.94 Å². The van der Waals surface area contributed by atoms with Gasteiger partial charge in [-0.3, -0.25) is 14.6 Å². The second-order valence-electron chi connectivity index (χ2n) is 7.30. The standard InChI is InChI=1S/C19H24FN3O5/c1-2-19(18(27)22-14(8-17(25)26)16(24)10-20)9-15(23-28-19)13-7-12(5-6-21-13)11-3-4-11/h5-7,11,14,16,24H,2-4,8-10H2,1H3,(H,22,27)(H,25,26). The number of aromatic nitrogens is 1. The Morgan fingerprint density at radius 2 is 2.21 bits per heavy atom. The van der Waals surface area contributed by atoms with Gasteiger partial charge in [0, 0.05) is 12.6 Å². The van der Waals surface area contributed by atoms with E-state index in [2.05, 4.69) is 15.5 Å². The van der Waals surface area contributed by atoms with Gasteiger partial charge < -0.3 is 20.4 Å². The fraction of sp³-hybridized carbons (Fsp3) is 0.579. The molecular weight excluding hydrogens is 369 g/mol. The Morgan fingerprint density at radius 3 is 2.82 bits per heavy atom. The van der Waals surface area contributed by atoms with Gasteiger partial charge in [-0.1, -0.05) is 12.1 Å². The maximum Gasteiger partial charge on any atom is 0.305 e. The van der Waals surface area contributed by atoms with Gasteiger partial charge in [0.1, 0.15) is 18.5 Å². The lowest BCUT2D eigenvalue weighted by molar-refractivity contribution is -0.147. The molecule has 3 atom stereocenters. The number of hydrogen-bond acceptors (Lipinski definition) is 6. The van der Waals surface area contributed by atoms with Crippen LogP contribution in [0, 0.1) is 0 Å². The van der Waals surface area contributed by atoms with Crippen LogP contribution >= 0.6 is 0 Å². The third-order valence-corrected chi connectivity index (χ3v) is 5.23. The van der Waals surface area contributed by atoms with E-state index >= 15 is 0 Å². The molecule has 3 N–H and O–H groups in total. The number of carboxylic acids is 1. The van der Waals surface area contributed by atoms with Gasteiger partial charge in [-0.05, 0) is 42.9 Å². The lowest BCUT2D eigenvalue weighted by Gasteiger charge is -2.28. The number of hydrogen-bond donors (Lipinski definition) is 3. The van der Waals surface area contributed by atoms with Crippen LogP contribution in [0.1, 0.15) is 56.2 Å². The molecule has 3 rings (SSSR count). The smallest absolute Gasteiger partial charge is 0.305 e. The van der Waals surface area contributed by atoms with Crippen molar-refractivity contribution in [3.05, 3.63) is 29.6 Å². The summed E-state index contributed by atoms with van der Waals surface area (Å²) in [5.41, 5.74) is 0.997. The number of aliphatic hydroxyl groups is 1. The minimum absolute atomic E-state index is 0.155. The molecule has 8 nitrogen and oxygen atoms in total. The molecule has 1 fully saturated rings. The molecule has 2 aliphatic rings. The molecule has 1 aromatic rings. The molecule has 1 amide bonds. The third kappa shape index (κ3) is 4.30. The molecule has 28 heavy (non-hydrogen) atoms. The molecule has 2 heterocycles. The van der Waals surface area contributed by atoms with E-state index < -0.39 is 42.7 Å². The number of carboxylic acid groups (broad SMARTS) is 1. The number of carbonyl (C=O) groups is 2. The summed E-state index contributed by atoms with van der Waals surface area (Å²) in [4.78, 5) is 33.6. The molecule has 9 heteroatoms. The zero-order chi connectivity index (χ0) is 20.3. The fourth-order valence-electron chi connectivity index (χ4n) is 3.24. The highest BCUT2D eigenvalue weighted by molar-refractivity contribution is 6.04. The molecule has 1 aliphatic heterocycles. The number of oxime groups is 1. The summed E-state index contributed by atoms with van der Waals surface area (Å²) in [6.45, 7) is 0.571. The van der Waals surface area contributed by atoms with E-state index in [1.807, 2.05) is 12.1 Å². The largest absolute Gasteiger partial charge is 0.481 e. The lowest BCUT2D eigenvalue weighted by Crippen LogP contribution is -2.54. The molecule has 0 radical (unpaired) electrons. The van der Waals surface area contributed by atoms with E-state index in [0.29, 0.717) is 17.3 Å². The summed E-state index contributed by atoms with van der Waals surface area (Å²) in [7, 11) is 0. The first-order valence-electron chi connectivity index (χ1n) is 9.36. The Labute approximate surface area is 161 Å². The highest BCUT2D eigenvalue weighted by Crippen LogP contribution is 2.40. The number of rotatable bonds is 9. The van der Waals surface area contributed by atoms with E-state index in [1.54, 1.807) is 13.1 Å². The molecule has 0 spiro atoms. The van der Waals surface area contributed by atoms with E-state index in [-0.39, 0.29) is 12.8 Å². The first kappa shape index (κ1) is 20.2. The number of halogens is 1. The third-order valence-electron chi connectivity index (χ3n) is 5.23. The minimum Gasteiger partial charge on any atom is -0.481 e. The van der Waals surface area contributed by atoms with Crippen LogP contribution in [0.5, 0.6) is 0 Å². The summed E-state index contributed by atoms with van der Waals surface area (Å²) in [6.07, 6.45) is 2.20. The quantitative estimate of drug-likeness (QED) is 0.585. The van der Waals surface area contributed by atoms with Crippen molar-refractivity contribution in [2.45, 2.75) is 62.7 Å². The molecule has 0 bridgehead atoms. The fourth-order valence-corrected chi connectivity index (χ4v) is 3.24. The van der Waals surface area contributed by atoms with Crippen LogP contribution in [0.3, 0.4) is 0 Å². The molecular formula is C19H24FN3O5. The van der Waals surface area contributed by atoms with Crippen molar-refractivity contribution in [3.8, 4) is 0 Å². The molecule has 1 aliphatic carbocycles. The summed E-state index contributed by atoms with van der Waals surface area (Å²) >= 11 is 0. The zero-order valence-corrected chi connectivity index (χ0v) is 15.6. The monoisotopic (exact) mass is 393 g/mol. The number of nitrogens with zero attached hydrogens (tertiary/aromatic N) is 2. The van der Waals surface area contributed by atoms with Crippen LogP contribution in [0.15, 0.2) is 23.5 Å². The molecule has 152 valence electrons. The Balaban J connectivity index is 1.72. The van der Waals surface area contributed by atoms with Gasteiger partial charge in [0.2, 0.25) is 5.60 Å². The van der Waals surface area contributed by atoms with Gasteiger partial charge in [0.05, 0.1) is 18.2 Å². The highest BCUT2D eigenvalue weighted by Gasteiger charge is 2.47. The average molecular weight is 393 g/mol. The second-order valence-corrected chi connectivity index (χ2v) is 7.30. The molecule has 3 unspecified atom stereocenters. The van der Waals surface area contributed by atoms with Crippen molar-refractivity contribution in [3.63, 3.8) is 0 Å². The van der Waals surface area contributed by atoms with Crippen molar-refractivity contribution in [1.29, 1.82) is 0 Å². The Hall–Kier alpha value is -2.55. The van der Waals surface area contributed by atoms with Crippen molar-refractivity contribution >= 4 is 17.6 Å². The van der Waals surface area contributed by atoms with Crippen LogP contribution in [0.25, 0.3) is 0 Å². The molecule has 1 saturated carbocycles. The van der Waals surface area contributed by atoms with E-state index in [9.17, 15) is 19.1 Å².